The molecule has 2 nitrogen and oxygen atoms in total. The molecule has 12 heavy (non-hydrogen) atoms. The van der Waals surface area contributed by atoms with Gasteiger partial charge in [-0.15, -0.1) is 0 Å². The lowest BCUT2D eigenvalue weighted by atomic mass is 9.73. The van der Waals surface area contributed by atoms with E-state index in [0.717, 1.165) is 6.42 Å². The smallest absolute Gasteiger partial charge is 0.155 e. The number of Topliss-reactive ketones (excluding diaryl/α,β-unsaturated/α-hetero) is 1. The number of carbonyl (C=O) groups excluding carboxylic acids is 2. The molecule has 0 saturated heterocycles. The van der Waals surface area contributed by atoms with Crippen LogP contribution in [0.2, 0.25) is 0 Å². The quantitative estimate of drug-likeness (QED) is 0.543. The van der Waals surface area contributed by atoms with E-state index in [-0.39, 0.29) is 17.1 Å². The third kappa shape index (κ3) is 0.872. The van der Waals surface area contributed by atoms with Gasteiger partial charge in [-0.05, 0) is 25.3 Å². The van der Waals surface area contributed by atoms with Crippen molar-refractivity contribution in [2.75, 3.05) is 0 Å². The van der Waals surface area contributed by atoms with Crippen molar-refractivity contribution in [2.24, 2.45) is 11.3 Å². The van der Waals surface area contributed by atoms with Crippen LogP contribution in [0.1, 0.15) is 26.2 Å². The van der Waals surface area contributed by atoms with Crippen LogP contribution in [0.25, 0.3) is 0 Å². The van der Waals surface area contributed by atoms with Gasteiger partial charge in [0.05, 0.1) is 0 Å². The number of ketones is 2. The maximum absolute atomic E-state index is 11.5. The zero-order valence-corrected chi connectivity index (χ0v) is 7.17. The first-order chi connectivity index (χ1) is 5.63. The summed E-state index contributed by atoms with van der Waals surface area (Å²) in [5.41, 5.74) is -0.312. The van der Waals surface area contributed by atoms with Gasteiger partial charge in [0.2, 0.25) is 0 Å². The monoisotopic (exact) mass is 164 g/mol. The fourth-order valence-corrected chi connectivity index (χ4v) is 2.22. The number of rotatable bonds is 0. The van der Waals surface area contributed by atoms with E-state index in [1.54, 1.807) is 12.2 Å². The Morgan fingerprint density at radius 1 is 1.50 bits per heavy atom. The van der Waals surface area contributed by atoms with E-state index in [2.05, 4.69) is 0 Å². The fourth-order valence-electron chi connectivity index (χ4n) is 2.22. The zero-order chi connectivity index (χ0) is 8.77. The zero-order valence-electron chi connectivity index (χ0n) is 7.17. The van der Waals surface area contributed by atoms with E-state index in [0.29, 0.717) is 18.6 Å². The molecule has 0 bridgehead atoms. The van der Waals surface area contributed by atoms with E-state index in [1.807, 2.05) is 6.92 Å². The summed E-state index contributed by atoms with van der Waals surface area (Å²) in [5, 5.41) is 0. The van der Waals surface area contributed by atoms with Crippen molar-refractivity contribution in [3.05, 3.63) is 12.2 Å². The minimum Gasteiger partial charge on any atom is -0.299 e. The van der Waals surface area contributed by atoms with Gasteiger partial charge in [-0.2, -0.15) is 0 Å². The standard InChI is InChI=1S/C10H12O2/c1-10-5-4-8(11)6-7(10)2-3-9(10)12/h4-5,7H,2-3,6H2,1H3. The summed E-state index contributed by atoms with van der Waals surface area (Å²) >= 11 is 0. The van der Waals surface area contributed by atoms with Gasteiger partial charge in [0.1, 0.15) is 5.78 Å². The Hall–Kier alpha value is -0.920. The summed E-state index contributed by atoms with van der Waals surface area (Å²) in [7, 11) is 0. The van der Waals surface area contributed by atoms with Crippen LogP contribution in [0.4, 0.5) is 0 Å². The van der Waals surface area contributed by atoms with Gasteiger partial charge >= 0.3 is 0 Å². The van der Waals surface area contributed by atoms with Crippen molar-refractivity contribution >= 4 is 11.6 Å². The van der Waals surface area contributed by atoms with Crippen LogP contribution in [0.5, 0.6) is 0 Å². The van der Waals surface area contributed by atoms with Crippen molar-refractivity contribution < 1.29 is 9.59 Å². The molecule has 0 aromatic carbocycles. The van der Waals surface area contributed by atoms with Gasteiger partial charge in [-0.3, -0.25) is 9.59 Å². The van der Waals surface area contributed by atoms with Crippen LogP contribution in [-0.4, -0.2) is 11.6 Å². The molecule has 1 saturated carbocycles. The van der Waals surface area contributed by atoms with Crippen molar-refractivity contribution in [3.63, 3.8) is 0 Å². The Morgan fingerprint density at radius 2 is 2.25 bits per heavy atom. The first kappa shape index (κ1) is 7.71. The molecule has 0 aromatic heterocycles. The molecule has 2 heteroatoms. The summed E-state index contributed by atoms with van der Waals surface area (Å²) in [5.74, 6) is 0.755. The topological polar surface area (TPSA) is 34.1 Å². The molecule has 0 aliphatic heterocycles. The van der Waals surface area contributed by atoms with Gasteiger partial charge in [-0.1, -0.05) is 6.08 Å². The third-order valence-corrected chi connectivity index (χ3v) is 3.23. The van der Waals surface area contributed by atoms with Gasteiger partial charge in [0, 0.05) is 18.3 Å². The van der Waals surface area contributed by atoms with Crippen molar-refractivity contribution in [1.82, 2.24) is 0 Å². The normalized spacial score (nSPS) is 40.2. The Balaban J connectivity index is 2.39. The Labute approximate surface area is 71.6 Å². The molecule has 0 amide bonds. The summed E-state index contributed by atoms with van der Waals surface area (Å²) in [4.78, 5) is 22.5. The van der Waals surface area contributed by atoms with Crippen molar-refractivity contribution in [3.8, 4) is 0 Å². The van der Waals surface area contributed by atoms with Crippen molar-refractivity contribution in [2.45, 2.75) is 26.2 Å². The molecular formula is C10H12O2. The minimum absolute atomic E-state index is 0.173. The molecule has 2 atom stereocenters. The lowest BCUT2D eigenvalue weighted by Crippen LogP contribution is -2.31. The maximum atomic E-state index is 11.5. The molecular weight excluding hydrogens is 152 g/mol. The number of fused-ring (bicyclic) bond motifs is 1. The van der Waals surface area contributed by atoms with Gasteiger partial charge in [0.25, 0.3) is 0 Å². The summed E-state index contributed by atoms with van der Waals surface area (Å²) in [6, 6.07) is 0. The van der Waals surface area contributed by atoms with E-state index in [1.165, 1.54) is 0 Å². The average Bonchev–Trinajstić information content (AvgIpc) is 2.31. The Morgan fingerprint density at radius 3 is 3.00 bits per heavy atom. The molecule has 2 aliphatic rings. The van der Waals surface area contributed by atoms with Crippen molar-refractivity contribution in [1.29, 1.82) is 0 Å². The number of allylic oxidation sites excluding steroid dienone is 2. The maximum Gasteiger partial charge on any atom is 0.155 e. The van der Waals surface area contributed by atoms with Gasteiger partial charge in [0.15, 0.2) is 5.78 Å². The molecule has 0 spiro atoms. The predicted molar refractivity (Wildman–Crippen MR) is 44.6 cm³/mol. The van der Waals surface area contributed by atoms with Crippen LogP contribution < -0.4 is 0 Å². The first-order valence-corrected chi connectivity index (χ1v) is 4.38. The van der Waals surface area contributed by atoms with E-state index < -0.39 is 0 Å². The predicted octanol–water partition coefficient (Wildman–Crippen LogP) is 1.50. The van der Waals surface area contributed by atoms with Crippen LogP contribution in [0, 0.1) is 11.3 Å². The summed E-state index contributed by atoms with van der Waals surface area (Å²) < 4.78 is 0. The third-order valence-electron chi connectivity index (χ3n) is 3.23. The van der Waals surface area contributed by atoms with Gasteiger partial charge < -0.3 is 0 Å². The molecule has 2 aliphatic carbocycles. The Kier molecular flexibility index (Phi) is 1.47. The second-order valence-corrected chi connectivity index (χ2v) is 3.95. The number of hydrogen-bond acceptors (Lipinski definition) is 2. The van der Waals surface area contributed by atoms with Crippen LogP contribution in [0.3, 0.4) is 0 Å². The molecule has 0 N–H and O–H groups in total. The highest BCUT2D eigenvalue weighted by Gasteiger charge is 2.46. The summed E-state index contributed by atoms with van der Waals surface area (Å²) in [6.07, 6.45) is 5.49. The van der Waals surface area contributed by atoms with Crippen LogP contribution in [-0.2, 0) is 9.59 Å². The second-order valence-electron chi connectivity index (χ2n) is 3.95. The molecule has 0 heterocycles. The highest BCUT2D eigenvalue weighted by Crippen LogP contribution is 2.45. The molecule has 64 valence electrons. The number of carbonyl (C=O) groups is 2. The van der Waals surface area contributed by atoms with Gasteiger partial charge in [-0.25, -0.2) is 0 Å². The fraction of sp³-hybridized carbons (Fsp3) is 0.600. The largest absolute Gasteiger partial charge is 0.299 e. The average molecular weight is 164 g/mol. The Bertz CT molecular complexity index is 278. The number of hydrogen-bond donors (Lipinski definition) is 0. The molecule has 0 aromatic rings. The highest BCUT2D eigenvalue weighted by molar-refractivity contribution is 5.97. The molecule has 1 fully saturated rings. The van der Waals surface area contributed by atoms with Crippen LogP contribution >= 0.6 is 0 Å². The molecule has 2 unspecified atom stereocenters. The molecule has 0 radical (unpaired) electrons. The van der Waals surface area contributed by atoms with E-state index >= 15 is 0 Å². The van der Waals surface area contributed by atoms with E-state index in [4.69, 9.17) is 0 Å². The second kappa shape index (κ2) is 2.28. The first-order valence-electron chi connectivity index (χ1n) is 4.38. The SMILES string of the molecule is CC12C=CC(=O)CC1CCC2=O. The summed E-state index contributed by atoms with van der Waals surface area (Å²) in [6.45, 7) is 1.95. The van der Waals surface area contributed by atoms with Crippen LogP contribution in [0.15, 0.2) is 12.2 Å². The lowest BCUT2D eigenvalue weighted by molar-refractivity contribution is -0.125. The molecule has 2 rings (SSSR count). The van der Waals surface area contributed by atoms with E-state index in [9.17, 15) is 9.59 Å². The minimum atomic E-state index is -0.312. The lowest BCUT2D eigenvalue weighted by Gasteiger charge is -2.28. The highest BCUT2D eigenvalue weighted by atomic mass is 16.1.